The summed E-state index contributed by atoms with van der Waals surface area (Å²) >= 11 is 0. The van der Waals surface area contributed by atoms with Crippen molar-refractivity contribution >= 4 is 23.8 Å². The summed E-state index contributed by atoms with van der Waals surface area (Å²) in [7, 11) is 1.54. The Balaban J connectivity index is 0.000000408. The number of rotatable bonds is 6. The third-order valence-corrected chi connectivity index (χ3v) is 6.90. The van der Waals surface area contributed by atoms with Gasteiger partial charge in [0.25, 0.3) is 0 Å². The third-order valence-electron chi connectivity index (χ3n) is 4.35. The smallest absolute Gasteiger partial charge is 0.320 e. The average Bonchev–Trinajstić information content (AvgIpc) is 3.44. The largest absolute Gasteiger partial charge is 2.00 e. The van der Waals surface area contributed by atoms with Crippen LogP contribution in [0.4, 0.5) is 0 Å². The Morgan fingerprint density at radius 2 is 1.36 bits per heavy atom. The van der Waals surface area contributed by atoms with Gasteiger partial charge in [0.15, 0.2) is 0 Å². The molecule has 28 heavy (non-hydrogen) atoms. The van der Waals surface area contributed by atoms with Crippen molar-refractivity contribution in [3.63, 3.8) is 0 Å². The SMILES string of the molecule is CNCC[c-]1cccc1P(c1ccccc1)c1ccccc1.[Fe+2].c1cc[cH-]c1. The van der Waals surface area contributed by atoms with Crippen LogP contribution in [0.1, 0.15) is 5.56 Å². The van der Waals surface area contributed by atoms with E-state index in [1.54, 1.807) is 0 Å². The maximum Gasteiger partial charge on any atom is 2.00 e. The van der Waals surface area contributed by atoms with Crippen molar-refractivity contribution in [2.24, 2.45) is 0 Å². The predicted molar refractivity (Wildman–Crippen MR) is 120 cm³/mol. The van der Waals surface area contributed by atoms with Gasteiger partial charge >= 0.3 is 17.1 Å². The molecule has 4 rings (SSSR count). The average molecular weight is 427 g/mol. The van der Waals surface area contributed by atoms with Crippen LogP contribution in [0.3, 0.4) is 0 Å². The second-order valence-corrected chi connectivity index (χ2v) is 8.44. The Kier molecular flexibility index (Phi) is 9.97. The molecule has 0 amide bonds. The van der Waals surface area contributed by atoms with Gasteiger partial charge in [-0.05, 0) is 32.1 Å². The fourth-order valence-electron chi connectivity index (χ4n) is 3.04. The Bertz CT molecular complexity index is 813. The monoisotopic (exact) mass is 427 g/mol. The second-order valence-electron chi connectivity index (χ2n) is 6.26. The molecule has 0 aliphatic carbocycles. The van der Waals surface area contributed by atoms with Crippen molar-refractivity contribution in [2.45, 2.75) is 6.42 Å². The van der Waals surface area contributed by atoms with Gasteiger partial charge in [0.1, 0.15) is 0 Å². The molecule has 0 aromatic heterocycles. The van der Waals surface area contributed by atoms with Crippen molar-refractivity contribution in [1.82, 2.24) is 5.32 Å². The van der Waals surface area contributed by atoms with Crippen LogP contribution in [0.25, 0.3) is 0 Å². The standard InChI is InChI=1S/C20H21NP.C5H5.Fe/c1-21-16-15-17-9-8-14-20(17)22(18-10-4-2-5-11-18)19-12-6-3-7-13-19;1-2-4-5-3-1;/h2-14,21H,15-16H2,1H3;1-5H;/q2*-1;+2. The molecule has 0 saturated heterocycles. The van der Waals surface area contributed by atoms with E-state index in [0.717, 1.165) is 13.0 Å². The Hall–Kier alpha value is -1.95. The first-order valence-corrected chi connectivity index (χ1v) is 10.7. The van der Waals surface area contributed by atoms with Crippen LogP contribution in [-0.2, 0) is 23.5 Å². The quantitative estimate of drug-likeness (QED) is 0.275. The summed E-state index contributed by atoms with van der Waals surface area (Å²) in [5, 5.41) is 7.58. The van der Waals surface area contributed by atoms with E-state index in [1.165, 1.54) is 21.5 Å². The van der Waals surface area contributed by atoms with E-state index in [1.807, 2.05) is 37.4 Å². The van der Waals surface area contributed by atoms with Crippen molar-refractivity contribution in [3.8, 4) is 0 Å². The van der Waals surface area contributed by atoms with Gasteiger partial charge in [-0.1, -0.05) is 67.1 Å². The van der Waals surface area contributed by atoms with Gasteiger partial charge in [0.05, 0.1) is 0 Å². The Morgan fingerprint density at radius 1 is 0.786 bits per heavy atom. The van der Waals surface area contributed by atoms with Gasteiger partial charge in [0, 0.05) is 0 Å². The first-order chi connectivity index (χ1) is 13.4. The number of hydrogen-bond acceptors (Lipinski definition) is 1. The normalized spacial score (nSPS) is 10.1. The summed E-state index contributed by atoms with van der Waals surface area (Å²) < 4.78 is 0. The summed E-state index contributed by atoms with van der Waals surface area (Å²) in [5.41, 5.74) is 1.47. The molecular weight excluding hydrogens is 401 g/mol. The fraction of sp³-hybridized carbons (Fsp3) is 0.120. The van der Waals surface area contributed by atoms with E-state index in [-0.39, 0.29) is 17.1 Å². The van der Waals surface area contributed by atoms with Gasteiger partial charge < -0.3 is 5.32 Å². The second kappa shape index (κ2) is 12.5. The van der Waals surface area contributed by atoms with Gasteiger partial charge in [-0.25, -0.2) is 24.3 Å². The van der Waals surface area contributed by atoms with Gasteiger partial charge in [0.2, 0.25) is 0 Å². The molecule has 3 heteroatoms. The molecule has 4 aromatic carbocycles. The fourth-order valence-corrected chi connectivity index (χ4v) is 5.54. The topological polar surface area (TPSA) is 12.0 Å². The van der Waals surface area contributed by atoms with Crippen molar-refractivity contribution in [3.05, 3.63) is 115 Å². The molecule has 1 N–H and O–H groups in total. The van der Waals surface area contributed by atoms with Crippen LogP contribution in [0, 0.1) is 0 Å². The van der Waals surface area contributed by atoms with E-state index in [0.29, 0.717) is 0 Å². The van der Waals surface area contributed by atoms with Gasteiger partial charge in [-0.2, -0.15) is 24.3 Å². The first kappa shape index (κ1) is 22.3. The van der Waals surface area contributed by atoms with E-state index < -0.39 is 7.92 Å². The van der Waals surface area contributed by atoms with E-state index in [4.69, 9.17) is 0 Å². The first-order valence-electron chi connectivity index (χ1n) is 9.36. The summed E-state index contributed by atoms with van der Waals surface area (Å²) in [6.07, 6.45) is 1.08. The van der Waals surface area contributed by atoms with Crippen LogP contribution in [0.15, 0.2) is 109 Å². The maximum absolute atomic E-state index is 3.26. The van der Waals surface area contributed by atoms with Gasteiger partial charge in [-0.15, -0.1) is 10.9 Å². The Morgan fingerprint density at radius 3 is 1.82 bits per heavy atom. The Labute approximate surface area is 180 Å². The van der Waals surface area contributed by atoms with Crippen molar-refractivity contribution < 1.29 is 17.1 Å². The summed E-state index contributed by atoms with van der Waals surface area (Å²) in [4.78, 5) is 0. The number of benzene rings is 2. The molecule has 1 nitrogen and oxygen atoms in total. The molecule has 0 fully saturated rings. The number of hydrogen-bond donors (Lipinski definition) is 1. The molecule has 4 aromatic rings. The van der Waals surface area contributed by atoms with Crippen molar-refractivity contribution in [2.75, 3.05) is 13.6 Å². The number of likely N-dealkylation sites (N-methyl/N-ethyl adjacent to an activating group) is 1. The molecule has 0 aliphatic heterocycles. The third kappa shape index (κ3) is 6.30. The zero-order valence-corrected chi connectivity index (χ0v) is 18.1. The van der Waals surface area contributed by atoms with Crippen LogP contribution in [0.5, 0.6) is 0 Å². The van der Waals surface area contributed by atoms with Crippen LogP contribution >= 0.6 is 7.92 Å². The molecule has 0 unspecified atom stereocenters. The summed E-state index contributed by atoms with van der Waals surface area (Å²) in [6, 6.07) is 38.6. The molecule has 0 saturated carbocycles. The van der Waals surface area contributed by atoms with E-state index in [2.05, 4.69) is 84.2 Å². The van der Waals surface area contributed by atoms with E-state index >= 15 is 0 Å². The molecular formula is C25H26FeNP. The zero-order valence-electron chi connectivity index (χ0n) is 16.1. The van der Waals surface area contributed by atoms with Gasteiger partial charge in [-0.3, -0.25) is 0 Å². The molecule has 144 valence electrons. The van der Waals surface area contributed by atoms with E-state index in [9.17, 15) is 0 Å². The molecule has 0 bridgehead atoms. The molecule has 0 heterocycles. The summed E-state index contributed by atoms with van der Waals surface area (Å²) in [6.45, 7) is 1.02. The predicted octanol–water partition coefficient (Wildman–Crippen LogP) is 4.33. The maximum atomic E-state index is 3.26. The number of nitrogens with one attached hydrogen (secondary N) is 1. The van der Waals surface area contributed by atoms with Crippen molar-refractivity contribution in [1.29, 1.82) is 0 Å². The van der Waals surface area contributed by atoms with Crippen LogP contribution < -0.4 is 21.2 Å². The molecule has 0 aliphatic rings. The molecule has 0 radical (unpaired) electrons. The molecule has 0 spiro atoms. The minimum Gasteiger partial charge on any atom is -0.320 e. The summed E-state index contributed by atoms with van der Waals surface area (Å²) in [5.74, 6) is 0. The minimum atomic E-state index is -0.474. The van der Waals surface area contributed by atoms with Crippen LogP contribution in [-0.4, -0.2) is 13.6 Å². The molecule has 0 atom stereocenters. The van der Waals surface area contributed by atoms with Crippen LogP contribution in [0.2, 0.25) is 0 Å². The zero-order chi connectivity index (χ0) is 18.7. The minimum absolute atomic E-state index is 0.